The van der Waals surface area contributed by atoms with Gasteiger partial charge in [-0.1, -0.05) is 25.0 Å². The molecule has 1 N–H and O–H groups in total. The van der Waals surface area contributed by atoms with Gasteiger partial charge >= 0.3 is 11.9 Å². The van der Waals surface area contributed by atoms with Gasteiger partial charge < -0.3 is 14.8 Å². The van der Waals surface area contributed by atoms with Crippen LogP contribution in [0.3, 0.4) is 0 Å². The van der Waals surface area contributed by atoms with E-state index in [1.807, 2.05) is 0 Å². The third-order valence-corrected chi connectivity index (χ3v) is 5.78. The van der Waals surface area contributed by atoms with Crippen molar-refractivity contribution < 1.29 is 28.2 Å². The lowest BCUT2D eigenvalue weighted by molar-refractivity contribution is -0.144. The highest BCUT2D eigenvalue weighted by molar-refractivity contribution is 5.99. The summed E-state index contributed by atoms with van der Waals surface area (Å²) in [5.74, 6) is -1.51. The number of esters is 2. The van der Waals surface area contributed by atoms with Gasteiger partial charge in [0.25, 0.3) is 0 Å². The molecule has 0 radical (unpaired) electrons. The summed E-state index contributed by atoms with van der Waals surface area (Å²) < 4.78 is 24.2. The molecule has 8 nitrogen and oxygen atoms in total. The van der Waals surface area contributed by atoms with Gasteiger partial charge in [0.2, 0.25) is 5.91 Å². The molecule has 3 rings (SSSR count). The molecule has 166 valence electrons. The first-order chi connectivity index (χ1) is 14.9. The Morgan fingerprint density at radius 3 is 2.23 bits per heavy atom. The summed E-state index contributed by atoms with van der Waals surface area (Å²) in [5, 5.41) is 7.11. The van der Waals surface area contributed by atoms with Gasteiger partial charge in [0.05, 0.1) is 50.4 Å². The van der Waals surface area contributed by atoms with Crippen molar-refractivity contribution >= 4 is 23.5 Å². The smallest absolute Gasteiger partial charge is 0.307 e. The van der Waals surface area contributed by atoms with Gasteiger partial charge in [0.15, 0.2) is 0 Å². The van der Waals surface area contributed by atoms with Crippen LogP contribution in [0.5, 0.6) is 0 Å². The normalized spacial score (nSPS) is 15.0. The van der Waals surface area contributed by atoms with Gasteiger partial charge in [-0.15, -0.1) is 0 Å². The number of rotatable bonds is 8. The molecule has 9 heteroatoms. The Hall–Kier alpha value is -3.23. The monoisotopic (exact) mass is 431 g/mol. The topological polar surface area (TPSA) is 99.5 Å². The molecule has 1 amide bonds. The predicted molar refractivity (Wildman–Crippen MR) is 110 cm³/mol. The van der Waals surface area contributed by atoms with Crippen molar-refractivity contribution in [2.75, 3.05) is 19.5 Å². The molecule has 0 saturated heterocycles. The molecular weight excluding hydrogens is 405 g/mol. The second kappa shape index (κ2) is 9.72. The lowest BCUT2D eigenvalue weighted by atomic mass is 9.78. The predicted octanol–water partition coefficient (Wildman–Crippen LogP) is 3.14. The molecule has 1 aliphatic rings. The molecule has 0 unspecified atom stereocenters. The number of halogens is 1. The zero-order chi connectivity index (χ0) is 22.4. The summed E-state index contributed by atoms with van der Waals surface area (Å²) >= 11 is 0. The summed E-state index contributed by atoms with van der Waals surface area (Å²) in [7, 11) is 2.53. The maximum absolute atomic E-state index is 13.4. The van der Waals surface area contributed by atoms with Crippen molar-refractivity contribution in [2.45, 2.75) is 50.0 Å². The number of nitrogens with one attached hydrogen (secondary N) is 1. The lowest BCUT2D eigenvalue weighted by Gasteiger charge is -2.28. The van der Waals surface area contributed by atoms with Crippen LogP contribution in [0.1, 0.15) is 50.1 Å². The minimum atomic E-state index is -0.729. The van der Waals surface area contributed by atoms with Gasteiger partial charge in [-0.05, 0) is 30.5 Å². The number of anilines is 1. The van der Waals surface area contributed by atoms with E-state index in [0.717, 1.165) is 18.4 Å². The number of aromatic nitrogens is 2. The van der Waals surface area contributed by atoms with E-state index in [1.54, 1.807) is 18.3 Å². The molecule has 0 atom stereocenters. The Balaban J connectivity index is 1.79. The zero-order valence-corrected chi connectivity index (χ0v) is 17.6. The number of carbonyl (C=O) groups excluding carboxylic acids is 3. The molecule has 0 spiro atoms. The van der Waals surface area contributed by atoms with Crippen LogP contribution in [0.15, 0.2) is 36.7 Å². The molecule has 1 aromatic heterocycles. The van der Waals surface area contributed by atoms with E-state index in [2.05, 4.69) is 10.4 Å². The number of hydrogen-bond donors (Lipinski definition) is 1. The van der Waals surface area contributed by atoms with Gasteiger partial charge in [0, 0.05) is 6.20 Å². The number of methoxy groups -OCH3 is 2. The Labute approximate surface area is 179 Å². The van der Waals surface area contributed by atoms with Crippen LogP contribution in [0.25, 0.3) is 0 Å². The fourth-order valence-corrected chi connectivity index (χ4v) is 4.06. The molecule has 1 heterocycles. The number of nitrogens with zero attached hydrogens (tertiary/aromatic N) is 2. The number of benzene rings is 1. The average Bonchev–Trinajstić information content (AvgIpc) is 3.44. The zero-order valence-electron chi connectivity index (χ0n) is 17.6. The van der Waals surface area contributed by atoms with Crippen molar-refractivity contribution in [2.24, 2.45) is 0 Å². The van der Waals surface area contributed by atoms with E-state index in [0.29, 0.717) is 18.5 Å². The molecule has 0 bridgehead atoms. The van der Waals surface area contributed by atoms with Gasteiger partial charge in [-0.2, -0.15) is 5.10 Å². The van der Waals surface area contributed by atoms with Crippen molar-refractivity contribution in [3.8, 4) is 0 Å². The quantitative estimate of drug-likeness (QED) is 0.645. The number of amides is 1. The highest BCUT2D eigenvalue weighted by atomic mass is 19.1. The molecule has 1 fully saturated rings. The molecule has 0 aliphatic heterocycles. The first-order valence-electron chi connectivity index (χ1n) is 10.1. The van der Waals surface area contributed by atoms with E-state index in [-0.39, 0.29) is 24.6 Å². The van der Waals surface area contributed by atoms with E-state index < -0.39 is 23.4 Å². The van der Waals surface area contributed by atoms with Crippen LogP contribution in [0.4, 0.5) is 10.1 Å². The van der Waals surface area contributed by atoms with Crippen LogP contribution in [-0.4, -0.2) is 41.8 Å². The average molecular weight is 431 g/mol. The first kappa shape index (κ1) is 22.5. The Bertz CT molecular complexity index is 917. The Kier molecular flexibility index (Phi) is 7.04. The van der Waals surface area contributed by atoms with Crippen molar-refractivity contribution in [1.82, 2.24) is 9.78 Å². The standard InChI is InChI=1S/C22H26FN3O5/c1-30-19(27)11-18(12-20(28)31-2)26-14-17(13-24-26)25-21(29)22(9-3-4-10-22)15-5-7-16(23)8-6-15/h5-8,13-14,18H,3-4,9-12H2,1-2H3,(H,25,29). The SMILES string of the molecule is COC(=O)CC(CC(=O)OC)n1cc(NC(=O)C2(c3ccc(F)cc3)CCCC2)cn1. The minimum absolute atomic E-state index is 0.0693. The Morgan fingerprint density at radius 2 is 1.68 bits per heavy atom. The van der Waals surface area contributed by atoms with Crippen LogP contribution in [0.2, 0.25) is 0 Å². The number of hydrogen-bond acceptors (Lipinski definition) is 6. The summed E-state index contributed by atoms with van der Waals surface area (Å²) in [5.41, 5.74) is 0.497. The first-order valence-corrected chi connectivity index (χ1v) is 10.1. The largest absolute Gasteiger partial charge is 0.469 e. The van der Waals surface area contributed by atoms with Gasteiger partial charge in [-0.3, -0.25) is 19.1 Å². The van der Waals surface area contributed by atoms with Gasteiger partial charge in [0.1, 0.15) is 5.82 Å². The lowest BCUT2D eigenvalue weighted by Crippen LogP contribution is -2.37. The summed E-state index contributed by atoms with van der Waals surface area (Å²) in [6.45, 7) is 0. The molecule has 1 aliphatic carbocycles. The summed E-state index contributed by atoms with van der Waals surface area (Å²) in [4.78, 5) is 36.7. The van der Waals surface area contributed by atoms with Crippen LogP contribution in [0, 0.1) is 5.82 Å². The van der Waals surface area contributed by atoms with Crippen LogP contribution < -0.4 is 5.32 Å². The highest BCUT2D eigenvalue weighted by Gasteiger charge is 2.42. The van der Waals surface area contributed by atoms with Crippen molar-refractivity contribution in [3.63, 3.8) is 0 Å². The van der Waals surface area contributed by atoms with E-state index >= 15 is 0 Å². The fraction of sp³-hybridized carbons (Fsp3) is 0.455. The van der Waals surface area contributed by atoms with Crippen LogP contribution in [-0.2, 0) is 29.3 Å². The second-order valence-corrected chi connectivity index (χ2v) is 7.67. The molecule has 1 aromatic carbocycles. The maximum atomic E-state index is 13.4. The summed E-state index contributed by atoms with van der Waals surface area (Å²) in [6, 6.07) is 5.44. The van der Waals surface area contributed by atoms with E-state index in [4.69, 9.17) is 9.47 Å². The van der Waals surface area contributed by atoms with E-state index in [9.17, 15) is 18.8 Å². The third-order valence-electron chi connectivity index (χ3n) is 5.78. The summed E-state index contributed by atoms with van der Waals surface area (Å²) in [6.07, 6.45) is 6.06. The molecular formula is C22H26FN3O5. The molecule has 31 heavy (non-hydrogen) atoms. The van der Waals surface area contributed by atoms with Crippen molar-refractivity contribution in [1.29, 1.82) is 0 Å². The second-order valence-electron chi connectivity index (χ2n) is 7.67. The molecule has 1 saturated carbocycles. The van der Waals surface area contributed by atoms with Gasteiger partial charge in [-0.25, -0.2) is 4.39 Å². The van der Waals surface area contributed by atoms with Crippen molar-refractivity contribution in [3.05, 3.63) is 48.0 Å². The molecule has 2 aromatic rings. The van der Waals surface area contributed by atoms with E-state index in [1.165, 1.54) is 37.2 Å². The highest BCUT2D eigenvalue weighted by Crippen LogP contribution is 2.42. The maximum Gasteiger partial charge on any atom is 0.307 e. The number of ether oxygens (including phenoxy) is 2. The Morgan fingerprint density at radius 1 is 1.10 bits per heavy atom. The fourth-order valence-electron chi connectivity index (χ4n) is 4.06. The number of carbonyl (C=O) groups is 3. The third kappa shape index (κ3) is 5.10. The minimum Gasteiger partial charge on any atom is -0.469 e. The van der Waals surface area contributed by atoms with Crippen LogP contribution >= 0.6 is 0 Å².